The number of hydrogen-bond donors (Lipinski definition) is 1. The molecule has 0 bridgehead atoms. The van der Waals surface area contributed by atoms with Crippen molar-refractivity contribution in [1.82, 2.24) is 4.90 Å². The minimum atomic E-state index is -0.574. The zero-order chi connectivity index (χ0) is 13.5. The van der Waals surface area contributed by atoms with Crippen LogP contribution >= 0.6 is 11.6 Å². The molecule has 2 unspecified atom stereocenters. The lowest BCUT2D eigenvalue weighted by atomic mass is 10.1. The summed E-state index contributed by atoms with van der Waals surface area (Å²) in [6.45, 7) is 5.90. The van der Waals surface area contributed by atoms with Gasteiger partial charge in [0.25, 0.3) is 0 Å². The zero-order valence-electron chi connectivity index (χ0n) is 10.8. The lowest BCUT2D eigenvalue weighted by molar-refractivity contribution is 0.112. The Hall–Kier alpha value is -1.08. The van der Waals surface area contributed by atoms with E-state index in [4.69, 9.17) is 16.9 Å². The van der Waals surface area contributed by atoms with Crippen molar-refractivity contribution in [2.75, 3.05) is 19.6 Å². The van der Waals surface area contributed by atoms with Crippen molar-refractivity contribution in [3.8, 4) is 6.07 Å². The van der Waals surface area contributed by atoms with Crippen LogP contribution in [0.5, 0.6) is 0 Å². The Bertz CT molecular complexity index is 417. The molecule has 1 rings (SSSR count). The van der Waals surface area contributed by atoms with E-state index in [2.05, 4.69) is 11.0 Å². The second-order valence-corrected chi connectivity index (χ2v) is 4.89. The number of halogens is 1. The van der Waals surface area contributed by atoms with E-state index in [1.807, 2.05) is 26.0 Å². The fraction of sp³-hybridized carbons (Fsp3) is 0.500. The maximum Gasteiger partial charge on any atom is 0.0917 e. The summed E-state index contributed by atoms with van der Waals surface area (Å²) in [5.74, 6) is -0.0310. The van der Waals surface area contributed by atoms with Crippen LogP contribution in [0, 0.1) is 17.2 Å². The van der Waals surface area contributed by atoms with Gasteiger partial charge in [-0.3, -0.25) is 4.90 Å². The van der Waals surface area contributed by atoms with Crippen molar-refractivity contribution in [3.63, 3.8) is 0 Å². The Labute approximate surface area is 114 Å². The van der Waals surface area contributed by atoms with Gasteiger partial charge in [-0.25, -0.2) is 0 Å². The number of rotatable bonds is 6. The van der Waals surface area contributed by atoms with Crippen LogP contribution in [0.25, 0.3) is 0 Å². The van der Waals surface area contributed by atoms with E-state index >= 15 is 0 Å². The molecule has 1 aromatic rings. The van der Waals surface area contributed by atoms with Gasteiger partial charge in [-0.15, -0.1) is 0 Å². The predicted octanol–water partition coefficient (Wildman–Crippen LogP) is 2.85. The van der Waals surface area contributed by atoms with E-state index in [0.29, 0.717) is 18.1 Å². The molecule has 98 valence electrons. The van der Waals surface area contributed by atoms with Crippen LogP contribution in [-0.4, -0.2) is 29.6 Å². The second-order valence-electron chi connectivity index (χ2n) is 4.45. The van der Waals surface area contributed by atoms with E-state index < -0.39 is 6.10 Å². The molecule has 0 saturated heterocycles. The Kier molecular flexibility index (Phi) is 6.14. The van der Waals surface area contributed by atoms with Gasteiger partial charge in [0.05, 0.1) is 18.1 Å². The molecular formula is C14H19ClN2O. The molecule has 18 heavy (non-hydrogen) atoms. The van der Waals surface area contributed by atoms with Crippen LogP contribution in [0.3, 0.4) is 0 Å². The average molecular weight is 267 g/mol. The van der Waals surface area contributed by atoms with Gasteiger partial charge in [0.15, 0.2) is 0 Å². The van der Waals surface area contributed by atoms with Crippen molar-refractivity contribution in [3.05, 3.63) is 34.9 Å². The highest BCUT2D eigenvalue weighted by molar-refractivity contribution is 6.30. The summed E-state index contributed by atoms with van der Waals surface area (Å²) in [4.78, 5) is 2.07. The molecule has 0 spiro atoms. The van der Waals surface area contributed by atoms with Crippen LogP contribution in [0.15, 0.2) is 24.3 Å². The quantitative estimate of drug-likeness (QED) is 0.861. The molecule has 3 nitrogen and oxygen atoms in total. The minimum absolute atomic E-state index is 0.0310. The molecule has 1 aromatic carbocycles. The molecule has 0 saturated carbocycles. The molecular weight excluding hydrogens is 248 g/mol. The van der Waals surface area contributed by atoms with Gasteiger partial charge in [-0.2, -0.15) is 5.26 Å². The van der Waals surface area contributed by atoms with Crippen molar-refractivity contribution in [1.29, 1.82) is 5.26 Å². The van der Waals surface area contributed by atoms with E-state index in [-0.39, 0.29) is 5.92 Å². The van der Waals surface area contributed by atoms with Gasteiger partial charge in [0.1, 0.15) is 0 Å². The smallest absolute Gasteiger partial charge is 0.0917 e. The molecule has 4 heteroatoms. The largest absolute Gasteiger partial charge is 0.387 e. The lowest BCUT2D eigenvalue weighted by Gasteiger charge is -2.24. The predicted molar refractivity (Wildman–Crippen MR) is 73.3 cm³/mol. The Balaban J connectivity index is 2.62. The maximum atomic E-state index is 10.1. The summed E-state index contributed by atoms with van der Waals surface area (Å²) >= 11 is 5.90. The summed E-state index contributed by atoms with van der Waals surface area (Å²) in [6, 6.07) is 9.45. The summed E-state index contributed by atoms with van der Waals surface area (Å²) < 4.78 is 0. The van der Waals surface area contributed by atoms with E-state index in [0.717, 1.165) is 12.1 Å². The molecule has 0 radical (unpaired) electrons. The van der Waals surface area contributed by atoms with Crippen molar-refractivity contribution in [2.24, 2.45) is 5.92 Å². The van der Waals surface area contributed by atoms with Crippen LogP contribution in [0.4, 0.5) is 0 Å². The van der Waals surface area contributed by atoms with Gasteiger partial charge < -0.3 is 5.11 Å². The first-order chi connectivity index (χ1) is 8.56. The minimum Gasteiger partial charge on any atom is -0.387 e. The zero-order valence-corrected chi connectivity index (χ0v) is 11.6. The monoisotopic (exact) mass is 266 g/mol. The molecule has 0 heterocycles. The normalized spacial score (nSPS) is 14.2. The van der Waals surface area contributed by atoms with Crippen LogP contribution in [0.1, 0.15) is 25.5 Å². The third-order valence-electron chi connectivity index (χ3n) is 2.86. The highest BCUT2D eigenvalue weighted by Gasteiger charge is 2.14. The van der Waals surface area contributed by atoms with Crippen LogP contribution in [-0.2, 0) is 0 Å². The Morgan fingerprint density at radius 1 is 1.44 bits per heavy atom. The molecule has 2 atom stereocenters. The number of benzene rings is 1. The van der Waals surface area contributed by atoms with Gasteiger partial charge >= 0.3 is 0 Å². The molecule has 0 aliphatic heterocycles. The van der Waals surface area contributed by atoms with E-state index in [1.54, 1.807) is 12.1 Å². The van der Waals surface area contributed by atoms with Crippen LogP contribution in [0.2, 0.25) is 5.02 Å². The number of aliphatic hydroxyl groups excluding tert-OH is 1. The maximum absolute atomic E-state index is 10.1. The fourth-order valence-electron chi connectivity index (χ4n) is 1.82. The molecule has 1 N–H and O–H groups in total. The fourth-order valence-corrected chi connectivity index (χ4v) is 2.02. The van der Waals surface area contributed by atoms with Gasteiger partial charge in [0, 0.05) is 18.1 Å². The van der Waals surface area contributed by atoms with Crippen LogP contribution < -0.4 is 0 Å². The van der Waals surface area contributed by atoms with Crippen molar-refractivity contribution < 1.29 is 5.11 Å². The first kappa shape index (κ1) is 15.0. The molecule has 0 aliphatic carbocycles. The standard InChI is InChI=1S/C14H19ClN2O/c1-3-17(9-11(2)8-16)10-14(18)12-5-4-6-13(15)7-12/h4-7,11,14,18H,3,9-10H2,1-2H3. The van der Waals surface area contributed by atoms with Gasteiger partial charge in [-0.05, 0) is 31.2 Å². The lowest BCUT2D eigenvalue weighted by Crippen LogP contribution is -2.32. The molecule has 0 aliphatic rings. The van der Waals surface area contributed by atoms with Crippen molar-refractivity contribution in [2.45, 2.75) is 20.0 Å². The van der Waals surface area contributed by atoms with E-state index in [1.165, 1.54) is 0 Å². The number of aliphatic hydroxyl groups is 1. The van der Waals surface area contributed by atoms with E-state index in [9.17, 15) is 5.11 Å². The average Bonchev–Trinajstić information content (AvgIpc) is 2.37. The highest BCUT2D eigenvalue weighted by Crippen LogP contribution is 2.18. The summed E-state index contributed by atoms with van der Waals surface area (Å²) in [5, 5.41) is 19.6. The Morgan fingerprint density at radius 2 is 2.17 bits per heavy atom. The second kappa shape index (κ2) is 7.38. The third-order valence-corrected chi connectivity index (χ3v) is 3.10. The van der Waals surface area contributed by atoms with Gasteiger partial charge in [0.2, 0.25) is 0 Å². The first-order valence-corrected chi connectivity index (χ1v) is 6.50. The topological polar surface area (TPSA) is 47.3 Å². The number of nitriles is 1. The molecule has 0 fully saturated rings. The SMILES string of the molecule is CCN(CC(C)C#N)CC(O)c1cccc(Cl)c1. The van der Waals surface area contributed by atoms with Gasteiger partial charge in [-0.1, -0.05) is 30.7 Å². The number of nitrogens with zero attached hydrogens (tertiary/aromatic N) is 2. The molecule has 0 aromatic heterocycles. The first-order valence-electron chi connectivity index (χ1n) is 6.12. The Morgan fingerprint density at radius 3 is 2.72 bits per heavy atom. The molecule has 0 amide bonds. The highest BCUT2D eigenvalue weighted by atomic mass is 35.5. The number of likely N-dealkylation sites (N-methyl/N-ethyl adjacent to an activating group) is 1. The van der Waals surface area contributed by atoms with Crippen molar-refractivity contribution >= 4 is 11.6 Å². The third kappa shape index (κ3) is 4.66. The summed E-state index contributed by atoms with van der Waals surface area (Å²) in [7, 11) is 0. The summed E-state index contributed by atoms with van der Waals surface area (Å²) in [6.07, 6.45) is -0.574. The number of hydrogen-bond acceptors (Lipinski definition) is 3. The summed E-state index contributed by atoms with van der Waals surface area (Å²) in [5.41, 5.74) is 0.811.